The van der Waals surface area contributed by atoms with E-state index in [1.165, 1.54) is 43.5 Å². The van der Waals surface area contributed by atoms with Crippen molar-refractivity contribution in [2.24, 2.45) is 10.9 Å². The summed E-state index contributed by atoms with van der Waals surface area (Å²) >= 11 is 5.35. The number of fused-ring (bicyclic) bond motifs is 1. The smallest absolute Gasteiger partial charge is 0.145 e. The van der Waals surface area contributed by atoms with Gasteiger partial charge in [0, 0.05) is 19.0 Å². The van der Waals surface area contributed by atoms with Crippen LogP contribution in [0.3, 0.4) is 0 Å². The number of hydrogen-bond donors (Lipinski definition) is 0. The third kappa shape index (κ3) is 2.32. The van der Waals surface area contributed by atoms with Crippen molar-refractivity contribution in [3.63, 3.8) is 0 Å². The fraction of sp³-hybridized carbons (Fsp3) is 0.667. The summed E-state index contributed by atoms with van der Waals surface area (Å²) in [5.74, 6) is 1.53. The second-order valence-electron chi connectivity index (χ2n) is 5.63. The number of piperidine rings is 1. The van der Waals surface area contributed by atoms with Crippen molar-refractivity contribution < 1.29 is 0 Å². The fourth-order valence-electron chi connectivity index (χ4n) is 3.51. The average molecular weight is 273 g/mol. The molecule has 3 aliphatic rings. The van der Waals surface area contributed by atoms with Crippen molar-refractivity contribution in [2.75, 3.05) is 13.1 Å². The minimum Gasteiger partial charge on any atom is -0.360 e. The molecule has 1 aliphatic carbocycles. The Labute approximate surface area is 120 Å². The summed E-state index contributed by atoms with van der Waals surface area (Å²) in [4.78, 5) is 7.58. The zero-order valence-corrected chi connectivity index (χ0v) is 12.0. The Balaban J connectivity index is 1.93. The van der Waals surface area contributed by atoms with E-state index in [0.29, 0.717) is 16.5 Å². The maximum Gasteiger partial charge on any atom is 0.145 e. The number of amidine groups is 1. The quantitative estimate of drug-likeness (QED) is 0.636. The number of rotatable bonds is 0. The second kappa shape index (κ2) is 5.42. The Morgan fingerprint density at radius 3 is 2.68 bits per heavy atom. The molecular formula is C15H19N3S. The molecule has 0 radical (unpaired) electrons. The molecule has 0 N–H and O–H groups in total. The molecule has 1 saturated heterocycles. The summed E-state index contributed by atoms with van der Waals surface area (Å²) in [5, 5.41) is 9.32. The van der Waals surface area contributed by atoms with Crippen molar-refractivity contribution in [1.82, 2.24) is 4.90 Å². The first kappa shape index (κ1) is 12.8. The first-order chi connectivity index (χ1) is 9.31. The predicted molar refractivity (Wildman–Crippen MR) is 80.1 cm³/mol. The van der Waals surface area contributed by atoms with Gasteiger partial charge in [-0.25, -0.2) is 4.99 Å². The number of nitrogens with zero attached hydrogens (tertiary/aromatic N) is 3. The van der Waals surface area contributed by atoms with Crippen LogP contribution in [0.2, 0.25) is 0 Å². The van der Waals surface area contributed by atoms with E-state index < -0.39 is 0 Å². The summed E-state index contributed by atoms with van der Waals surface area (Å²) in [7, 11) is 0. The lowest BCUT2D eigenvalue weighted by atomic mass is 9.79. The van der Waals surface area contributed by atoms with Gasteiger partial charge in [-0.15, -0.1) is 0 Å². The summed E-state index contributed by atoms with van der Waals surface area (Å²) in [5.41, 5.74) is 1.97. The highest BCUT2D eigenvalue weighted by Crippen LogP contribution is 2.37. The molecule has 0 bridgehead atoms. The number of likely N-dealkylation sites (tertiary alicyclic amines) is 1. The van der Waals surface area contributed by atoms with Gasteiger partial charge in [0.2, 0.25) is 0 Å². The average Bonchev–Trinajstić information content (AvgIpc) is 2.47. The monoisotopic (exact) mass is 273 g/mol. The van der Waals surface area contributed by atoms with Crippen molar-refractivity contribution in [3.05, 3.63) is 11.1 Å². The molecule has 100 valence electrons. The van der Waals surface area contributed by atoms with Crippen LogP contribution in [0, 0.1) is 17.2 Å². The Bertz CT molecular complexity index is 492. The van der Waals surface area contributed by atoms with Gasteiger partial charge in [-0.05, 0) is 44.1 Å². The molecule has 0 spiro atoms. The van der Waals surface area contributed by atoms with Gasteiger partial charge in [0.1, 0.15) is 16.9 Å². The molecule has 3 nitrogen and oxygen atoms in total. The Kier molecular flexibility index (Phi) is 3.65. The molecule has 0 aromatic carbocycles. The Hall–Kier alpha value is -1.21. The minimum atomic E-state index is 0.369. The molecule has 1 unspecified atom stereocenters. The Morgan fingerprint density at radius 2 is 1.95 bits per heavy atom. The topological polar surface area (TPSA) is 39.4 Å². The molecule has 3 rings (SSSR count). The van der Waals surface area contributed by atoms with Crippen LogP contribution in [0.5, 0.6) is 0 Å². The van der Waals surface area contributed by atoms with Crippen LogP contribution in [0.25, 0.3) is 0 Å². The first-order valence-corrected chi connectivity index (χ1v) is 7.73. The number of aliphatic imine (C=N–C) groups is 1. The molecule has 19 heavy (non-hydrogen) atoms. The highest BCUT2D eigenvalue weighted by molar-refractivity contribution is 7.80. The third-order valence-electron chi connectivity index (χ3n) is 4.46. The van der Waals surface area contributed by atoms with Crippen LogP contribution in [0.1, 0.15) is 44.9 Å². The molecule has 0 amide bonds. The molecule has 2 aliphatic heterocycles. The van der Waals surface area contributed by atoms with Gasteiger partial charge >= 0.3 is 0 Å². The molecular weight excluding hydrogens is 254 g/mol. The van der Waals surface area contributed by atoms with Crippen molar-refractivity contribution >= 4 is 23.0 Å². The lowest BCUT2D eigenvalue weighted by Gasteiger charge is -2.38. The molecule has 2 fully saturated rings. The van der Waals surface area contributed by atoms with Crippen LogP contribution < -0.4 is 0 Å². The Morgan fingerprint density at radius 1 is 1.16 bits per heavy atom. The van der Waals surface area contributed by atoms with Crippen LogP contribution in [0.4, 0.5) is 0 Å². The van der Waals surface area contributed by atoms with Crippen LogP contribution in [-0.2, 0) is 0 Å². The van der Waals surface area contributed by atoms with E-state index in [2.05, 4.69) is 16.0 Å². The fourth-order valence-corrected chi connectivity index (χ4v) is 3.78. The zero-order chi connectivity index (χ0) is 13.2. The number of hydrogen-bond acceptors (Lipinski definition) is 3. The van der Waals surface area contributed by atoms with Gasteiger partial charge in [-0.3, -0.25) is 0 Å². The van der Waals surface area contributed by atoms with Gasteiger partial charge < -0.3 is 4.90 Å². The first-order valence-electron chi connectivity index (χ1n) is 7.32. The van der Waals surface area contributed by atoms with E-state index >= 15 is 0 Å². The zero-order valence-electron chi connectivity index (χ0n) is 11.2. The van der Waals surface area contributed by atoms with E-state index in [9.17, 15) is 5.26 Å². The number of thiocarbonyl (C=S) groups is 1. The van der Waals surface area contributed by atoms with Crippen molar-refractivity contribution in [2.45, 2.75) is 44.9 Å². The maximum absolute atomic E-state index is 9.32. The molecule has 2 heterocycles. The van der Waals surface area contributed by atoms with Crippen molar-refractivity contribution in [1.29, 1.82) is 5.26 Å². The summed E-state index contributed by atoms with van der Waals surface area (Å²) in [6, 6.07) is 2.29. The van der Waals surface area contributed by atoms with E-state index in [1.807, 2.05) is 0 Å². The summed E-state index contributed by atoms with van der Waals surface area (Å²) in [6.07, 6.45) is 8.43. The summed E-state index contributed by atoms with van der Waals surface area (Å²) < 4.78 is 0. The van der Waals surface area contributed by atoms with Gasteiger partial charge in [-0.1, -0.05) is 18.6 Å². The summed E-state index contributed by atoms with van der Waals surface area (Å²) in [6.45, 7) is 2.21. The van der Waals surface area contributed by atoms with Gasteiger partial charge in [0.05, 0.1) is 5.57 Å². The molecule has 0 aromatic rings. The largest absolute Gasteiger partial charge is 0.360 e. The minimum absolute atomic E-state index is 0.369. The van der Waals surface area contributed by atoms with Gasteiger partial charge in [0.25, 0.3) is 0 Å². The maximum atomic E-state index is 9.32. The molecule has 4 heteroatoms. The van der Waals surface area contributed by atoms with Gasteiger partial charge in [-0.2, -0.15) is 5.26 Å². The van der Waals surface area contributed by atoms with E-state index in [-0.39, 0.29) is 0 Å². The lowest BCUT2D eigenvalue weighted by molar-refractivity contribution is 0.322. The SMILES string of the molecule is N#CC1=C2CCCCC2C(N2CCCCC2)=NC1=S. The highest BCUT2D eigenvalue weighted by Gasteiger charge is 2.34. The van der Waals surface area contributed by atoms with Crippen LogP contribution in [-0.4, -0.2) is 28.8 Å². The third-order valence-corrected chi connectivity index (χ3v) is 4.76. The van der Waals surface area contributed by atoms with E-state index in [0.717, 1.165) is 25.9 Å². The molecule has 0 aromatic heterocycles. The standard InChI is InChI=1S/C15H19N3S/c16-10-13-11-6-2-3-7-12(11)14(17-15(13)19)18-8-4-1-5-9-18/h12H,1-9H2. The molecule has 1 saturated carbocycles. The van der Waals surface area contributed by atoms with E-state index in [4.69, 9.17) is 12.2 Å². The number of dihydropyridines is 1. The lowest BCUT2D eigenvalue weighted by Crippen LogP contribution is -2.43. The van der Waals surface area contributed by atoms with Crippen molar-refractivity contribution in [3.8, 4) is 6.07 Å². The highest BCUT2D eigenvalue weighted by atomic mass is 32.1. The van der Waals surface area contributed by atoms with Gasteiger partial charge in [0.15, 0.2) is 0 Å². The molecule has 1 atom stereocenters. The number of nitriles is 1. The van der Waals surface area contributed by atoms with E-state index in [1.54, 1.807) is 0 Å². The van der Waals surface area contributed by atoms with Crippen LogP contribution in [0.15, 0.2) is 16.1 Å². The predicted octanol–water partition coefficient (Wildman–Crippen LogP) is 3.22. The van der Waals surface area contributed by atoms with Crippen LogP contribution >= 0.6 is 12.2 Å². The normalized spacial score (nSPS) is 27.7. The second-order valence-corrected chi connectivity index (χ2v) is 6.02.